The fourth-order valence-electron chi connectivity index (χ4n) is 3.05. The van der Waals surface area contributed by atoms with Crippen LogP contribution >= 0.6 is 0 Å². The Hall–Kier alpha value is -1.39. The maximum Gasteiger partial charge on any atom is 0.112 e. The molecule has 0 radical (unpaired) electrons. The zero-order valence-electron chi connectivity index (χ0n) is 13.1. The average molecular weight is 287 g/mol. The number of benzene rings is 1. The van der Waals surface area contributed by atoms with Crippen molar-refractivity contribution in [3.8, 4) is 0 Å². The molecule has 114 valence electrons. The van der Waals surface area contributed by atoms with Crippen molar-refractivity contribution in [3.63, 3.8) is 0 Å². The van der Waals surface area contributed by atoms with E-state index < -0.39 is 0 Å². The predicted octanol–water partition coefficient (Wildman–Crippen LogP) is 2.88. The number of imidazole rings is 1. The summed E-state index contributed by atoms with van der Waals surface area (Å²) >= 11 is 0. The van der Waals surface area contributed by atoms with Crippen LogP contribution in [0.3, 0.4) is 0 Å². The molecule has 1 aromatic carbocycles. The van der Waals surface area contributed by atoms with Gasteiger partial charge < -0.3 is 9.30 Å². The van der Waals surface area contributed by atoms with Crippen LogP contribution in [0.15, 0.2) is 24.3 Å². The Morgan fingerprint density at radius 3 is 2.67 bits per heavy atom. The number of nitrogens with zero attached hydrogens (tertiary/aromatic N) is 3. The molecule has 4 nitrogen and oxygen atoms in total. The lowest BCUT2D eigenvalue weighted by molar-refractivity contribution is 0.0369. The zero-order chi connectivity index (χ0) is 14.7. The number of aryl methyl sites for hydroxylation is 1. The van der Waals surface area contributed by atoms with Gasteiger partial charge in [-0.25, -0.2) is 4.98 Å². The summed E-state index contributed by atoms with van der Waals surface area (Å²) in [6, 6.07) is 8.47. The Balaban J connectivity index is 1.71. The van der Waals surface area contributed by atoms with Crippen molar-refractivity contribution in [2.24, 2.45) is 0 Å². The number of ether oxygens (including phenoxy) is 1. The molecule has 1 aliphatic heterocycles. The van der Waals surface area contributed by atoms with Gasteiger partial charge in [0.05, 0.1) is 24.2 Å². The second kappa shape index (κ2) is 6.58. The van der Waals surface area contributed by atoms with Gasteiger partial charge >= 0.3 is 0 Å². The molecule has 1 aliphatic rings. The Labute approximate surface area is 126 Å². The maximum absolute atomic E-state index is 5.40. The van der Waals surface area contributed by atoms with Crippen LogP contribution in [0, 0.1) is 0 Å². The lowest BCUT2D eigenvalue weighted by Gasteiger charge is -2.26. The molecule has 1 aromatic heterocycles. The molecule has 1 saturated heterocycles. The average Bonchev–Trinajstić information content (AvgIpc) is 2.88. The van der Waals surface area contributed by atoms with E-state index >= 15 is 0 Å². The topological polar surface area (TPSA) is 30.3 Å². The highest BCUT2D eigenvalue weighted by molar-refractivity contribution is 5.76. The summed E-state index contributed by atoms with van der Waals surface area (Å²) in [5.41, 5.74) is 2.38. The van der Waals surface area contributed by atoms with E-state index in [2.05, 4.69) is 47.6 Å². The van der Waals surface area contributed by atoms with Crippen LogP contribution in [0.1, 0.15) is 32.0 Å². The lowest BCUT2D eigenvalue weighted by Crippen LogP contribution is -2.37. The lowest BCUT2D eigenvalue weighted by atomic mass is 10.2. The third-order valence-electron chi connectivity index (χ3n) is 4.16. The number of fused-ring (bicyclic) bond motifs is 1. The van der Waals surface area contributed by atoms with Gasteiger partial charge in [-0.15, -0.1) is 0 Å². The Bertz CT molecular complexity index is 585. The summed E-state index contributed by atoms with van der Waals surface area (Å²) in [6.07, 6.45) is 1.17. The summed E-state index contributed by atoms with van der Waals surface area (Å²) in [7, 11) is 0. The number of hydrogen-bond acceptors (Lipinski definition) is 3. The summed E-state index contributed by atoms with van der Waals surface area (Å²) in [5, 5.41) is 0. The van der Waals surface area contributed by atoms with Crippen molar-refractivity contribution < 1.29 is 4.74 Å². The van der Waals surface area contributed by atoms with E-state index in [0.29, 0.717) is 5.92 Å². The van der Waals surface area contributed by atoms with Crippen LogP contribution in [-0.2, 0) is 11.3 Å². The molecule has 0 bridgehead atoms. The van der Waals surface area contributed by atoms with E-state index in [0.717, 1.165) is 44.9 Å². The number of para-hydroxylation sites is 2. The second-order valence-electron chi connectivity index (χ2n) is 6.07. The van der Waals surface area contributed by atoms with Crippen molar-refractivity contribution in [1.82, 2.24) is 14.5 Å². The molecule has 0 spiro atoms. The molecule has 0 unspecified atom stereocenters. The number of aromatic nitrogens is 2. The van der Waals surface area contributed by atoms with E-state index in [-0.39, 0.29) is 0 Å². The van der Waals surface area contributed by atoms with Crippen molar-refractivity contribution >= 4 is 11.0 Å². The van der Waals surface area contributed by atoms with Crippen molar-refractivity contribution in [2.75, 3.05) is 32.8 Å². The molecule has 4 heteroatoms. The van der Waals surface area contributed by atoms with Crippen LogP contribution in [0.2, 0.25) is 0 Å². The molecule has 3 rings (SSSR count). The van der Waals surface area contributed by atoms with Crippen molar-refractivity contribution in [2.45, 2.75) is 32.7 Å². The molecule has 0 N–H and O–H groups in total. The zero-order valence-corrected chi connectivity index (χ0v) is 13.1. The highest BCUT2D eigenvalue weighted by atomic mass is 16.5. The van der Waals surface area contributed by atoms with Crippen LogP contribution < -0.4 is 0 Å². The van der Waals surface area contributed by atoms with Gasteiger partial charge in [-0.2, -0.15) is 0 Å². The minimum atomic E-state index is 0.459. The highest BCUT2D eigenvalue weighted by Gasteiger charge is 2.14. The Morgan fingerprint density at radius 2 is 1.90 bits per heavy atom. The summed E-state index contributed by atoms with van der Waals surface area (Å²) in [6.45, 7) is 10.5. The number of hydrogen-bond donors (Lipinski definition) is 0. The van der Waals surface area contributed by atoms with Gasteiger partial charge in [0, 0.05) is 32.1 Å². The molecule has 2 aromatic rings. The Kier molecular flexibility index (Phi) is 4.56. The molecule has 21 heavy (non-hydrogen) atoms. The standard InChI is InChI=1S/C17H25N3O/c1-14(2)17-18-15-6-3-4-7-16(15)20(17)9-5-8-19-10-12-21-13-11-19/h3-4,6-7,14H,5,8-13H2,1-2H3. The fourth-order valence-corrected chi connectivity index (χ4v) is 3.05. The van der Waals surface area contributed by atoms with Crippen molar-refractivity contribution in [1.29, 1.82) is 0 Å². The largest absolute Gasteiger partial charge is 0.379 e. The van der Waals surface area contributed by atoms with Gasteiger partial charge in [-0.3, -0.25) is 4.90 Å². The normalized spacial score (nSPS) is 16.9. The van der Waals surface area contributed by atoms with Gasteiger partial charge in [0.15, 0.2) is 0 Å². The molecule has 0 saturated carbocycles. The van der Waals surface area contributed by atoms with Gasteiger partial charge in [-0.05, 0) is 18.6 Å². The number of rotatable bonds is 5. The molecule has 0 aliphatic carbocycles. The fraction of sp³-hybridized carbons (Fsp3) is 0.588. The van der Waals surface area contributed by atoms with Crippen LogP contribution in [0.25, 0.3) is 11.0 Å². The minimum Gasteiger partial charge on any atom is -0.379 e. The van der Waals surface area contributed by atoms with E-state index in [1.165, 1.54) is 17.8 Å². The smallest absolute Gasteiger partial charge is 0.112 e. The molecule has 0 atom stereocenters. The molecule has 0 amide bonds. The van der Waals surface area contributed by atoms with E-state index in [1.807, 2.05) is 0 Å². The second-order valence-corrected chi connectivity index (χ2v) is 6.07. The monoisotopic (exact) mass is 287 g/mol. The summed E-state index contributed by atoms with van der Waals surface area (Å²) in [4.78, 5) is 7.30. The third kappa shape index (κ3) is 3.27. The van der Waals surface area contributed by atoms with Crippen LogP contribution in [-0.4, -0.2) is 47.3 Å². The first-order valence-electron chi connectivity index (χ1n) is 8.01. The predicted molar refractivity (Wildman–Crippen MR) is 85.7 cm³/mol. The van der Waals surface area contributed by atoms with Crippen molar-refractivity contribution in [3.05, 3.63) is 30.1 Å². The molecule has 2 heterocycles. The van der Waals surface area contributed by atoms with Crippen LogP contribution in [0.4, 0.5) is 0 Å². The SMILES string of the molecule is CC(C)c1nc2ccccc2n1CCCN1CCOCC1. The Morgan fingerprint density at radius 1 is 1.14 bits per heavy atom. The minimum absolute atomic E-state index is 0.459. The summed E-state index contributed by atoms with van der Waals surface area (Å²) in [5.74, 6) is 1.67. The molecule has 1 fully saturated rings. The quantitative estimate of drug-likeness (QED) is 0.847. The van der Waals surface area contributed by atoms with Gasteiger partial charge in [0.1, 0.15) is 5.82 Å². The van der Waals surface area contributed by atoms with E-state index in [9.17, 15) is 0 Å². The first-order valence-corrected chi connectivity index (χ1v) is 8.01. The third-order valence-corrected chi connectivity index (χ3v) is 4.16. The number of morpholine rings is 1. The summed E-state index contributed by atoms with van der Waals surface area (Å²) < 4.78 is 7.81. The van der Waals surface area contributed by atoms with E-state index in [1.54, 1.807) is 0 Å². The molecular weight excluding hydrogens is 262 g/mol. The maximum atomic E-state index is 5.40. The first-order chi connectivity index (χ1) is 10.3. The van der Waals surface area contributed by atoms with Gasteiger partial charge in [0.2, 0.25) is 0 Å². The molecular formula is C17H25N3O. The van der Waals surface area contributed by atoms with Gasteiger partial charge in [-0.1, -0.05) is 26.0 Å². The van der Waals surface area contributed by atoms with E-state index in [4.69, 9.17) is 9.72 Å². The van der Waals surface area contributed by atoms with Crippen LogP contribution in [0.5, 0.6) is 0 Å². The van der Waals surface area contributed by atoms with Gasteiger partial charge in [0.25, 0.3) is 0 Å². The highest BCUT2D eigenvalue weighted by Crippen LogP contribution is 2.22. The first kappa shape index (κ1) is 14.5.